The number of amides is 1. The zero-order chi connectivity index (χ0) is 18.6. The van der Waals surface area contributed by atoms with Crippen LogP contribution in [0.5, 0.6) is 0 Å². The lowest BCUT2D eigenvalue weighted by Gasteiger charge is -2.17. The largest absolute Gasteiger partial charge is 0.399 e. The minimum Gasteiger partial charge on any atom is -0.399 e. The number of hydrogen-bond acceptors (Lipinski definition) is 3. The lowest BCUT2D eigenvalue weighted by atomic mass is 10.1. The number of aryl methyl sites for hydroxylation is 2. The van der Waals surface area contributed by atoms with Gasteiger partial charge in [-0.1, -0.05) is 24.6 Å². The fraction of sp³-hybridized carbons (Fsp3) is 0.286. The Balaban J connectivity index is 2.31. The van der Waals surface area contributed by atoms with Crippen LogP contribution >= 0.6 is 0 Å². The summed E-state index contributed by atoms with van der Waals surface area (Å²) in [6, 6.07) is 11.6. The van der Waals surface area contributed by atoms with Crippen LogP contribution in [0, 0.1) is 13.8 Å². The van der Waals surface area contributed by atoms with Crippen molar-refractivity contribution in [1.29, 1.82) is 0 Å². The van der Waals surface area contributed by atoms with E-state index in [1.807, 2.05) is 63.4 Å². The van der Waals surface area contributed by atoms with Gasteiger partial charge in [0.1, 0.15) is 0 Å². The van der Waals surface area contributed by atoms with Crippen LogP contribution in [0.1, 0.15) is 41.8 Å². The van der Waals surface area contributed by atoms with Gasteiger partial charge in [-0.15, -0.1) is 0 Å². The first-order valence-electron chi connectivity index (χ1n) is 8.50. The van der Waals surface area contributed by atoms with E-state index in [-0.39, 0.29) is 5.91 Å². The van der Waals surface area contributed by atoms with Gasteiger partial charge in [0.05, 0.1) is 0 Å². The summed E-state index contributed by atoms with van der Waals surface area (Å²) in [6.07, 6.45) is 2.82. The number of anilines is 3. The first kappa shape index (κ1) is 18.6. The average molecular weight is 337 g/mol. The standard InChI is InChI=1S/C21H27N3O/c1-6-14(2)13-24(5)21(25)19-12-18(10-8-15(19)3)23-20-11-17(22)9-7-16(20)4/h7-13,23H,6,22H2,1-5H3. The molecule has 0 saturated carbocycles. The maximum atomic E-state index is 12.8. The lowest BCUT2D eigenvalue weighted by molar-refractivity contribution is 0.0848. The van der Waals surface area contributed by atoms with Crippen molar-refractivity contribution < 1.29 is 4.79 Å². The average Bonchev–Trinajstić information content (AvgIpc) is 2.58. The highest BCUT2D eigenvalue weighted by atomic mass is 16.2. The molecule has 0 aliphatic heterocycles. The van der Waals surface area contributed by atoms with Gasteiger partial charge in [0.15, 0.2) is 0 Å². The van der Waals surface area contributed by atoms with Crippen LogP contribution in [0.4, 0.5) is 17.1 Å². The molecular weight excluding hydrogens is 310 g/mol. The van der Waals surface area contributed by atoms with E-state index in [0.29, 0.717) is 11.3 Å². The van der Waals surface area contributed by atoms with Crippen molar-refractivity contribution in [3.05, 3.63) is 64.9 Å². The van der Waals surface area contributed by atoms with Crippen molar-refractivity contribution in [2.24, 2.45) is 0 Å². The molecule has 0 aliphatic rings. The van der Waals surface area contributed by atoms with Crippen LogP contribution < -0.4 is 11.1 Å². The van der Waals surface area contributed by atoms with Crippen LogP contribution in [0.15, 0.2) is 48.2 Å². The van der Waals surface area contributed by atoms with Gasteiger partial charge in [-0.2, -0.15) is 0 Å². The Kier molecular flexibility index (Phi) is 5.86. The molecule has 0 bridgehead atoms. The second-order valence-electron chi connectivity index (χ2n) is 6.47. The Labute approximate surface area is 150 Å². The molecule has 0 unspecified atom stereocenters. The number of carbonyl (C=O) groups excluding carboxylic acids is 1. The molecule has 0 aliphatic carbocycles. The molecule has 4 nitrogen and oxygen atoms in total. The molecule has 0 radical (unpaired) electrons. The molecule has 132 valence electrons. The molecule has 2 aromatic rings. The number of nitrogens with two attached hydrogens (primary N) is 1. The summed E-state index contributed by atoms with van der Waals surface area (Å²) >= 11 is 0. The minimum atomic E-state index is -0.0155. The van der Waals surface area contributed by atoms with Crippen molar-refractivity contribution in [2.45, 2.75) is 34.1 Å². The Morgan fingerprint density at radius 3 is 2.52 bits per heavy atom. The van der Waals surface area contributed by atoms with E-state index in [0.717, 1.165) is 34.5 Å². The van der Waals surface area contributed by atoms with Crippen molar-refractivity contribution in [3.8, 4) is 0 Å². The summed E-state index contributed by atoms with van der Waals surface area (Å²) in [7, 11) is 1.79. The number of benzene rings is 2. The third-order valence-corrected chi connectivity index (χ3v) is 4.30. The van der Waals surface area contributed by atoms with Crippen molar-refractivity contribution in [1.82, 2.24) is 4.90 Å². The third-order valence-electron chi connectivity index (χ3n) is 4.30. The number of carbonyl (C=O) groups is 1. The third kappa shape index (κ3) is 4.63. The normalized spacial score (nSPS) is 11.3. The molecule has 0 spiro atoms. The molecule has 0 saturated heterocycles. The van der Waals surface area contributed by atoms with E-state index in [1.165, 1.54) is 0 Å². The number of hydrogen-bond donors (Lipinski definition) is 2. The van der Waals surface area contributed by atoms with E-state index in [4.69, 9.17) is 5.73 Å². The highest BCUT2D eigenvalue weighted by molar-refractivity contribution is 5.97. The molecular formula is C21H27N3O. The summed E-state index contributed by atoms with van der Waals surface area (Å²) < 4.78 is 0. The van der Waals surface area contributed by atoms with Crippen LogP contribution in [0.3, 0.4) is 0 Å². The summed E-state index contributed by atoms with van der Waals surface area (Å²) in [5, 5.41) is 3.36. The fourth-order valence-electron chi connectivity index (χ4n) is 2.53. The zero-order valence-electron chi connectivity index (χ0n) is 15.7. The number of nitrogens with one attached hydrogen (secondary N) is 1. The molecule has 3 N–H and O–H groups in total. The molecule has 0 atom stereocenters. The Hall–Kier alpha value is -2.75. The molecule has 0 aromatic heterocycles. The SMILES string of the molecule is CCC(C)=CN(C)C(=O)c1cc(Nc2cc(N)ccc2C)ccc1C. The smallest absolute Gasteiger partial charge is 0.257 e. The van der Waals surface area contributed by atoms with E-state index >= 15 is 0 Å². The summed E-state index contributed by atoms with van der Waals surface area (Å²) in [4.78, 5) is 14.4. The minimum absolute atomic E-state index is 0.0155. The monoisotopic (exact) mass is 337 g/mol. The summed E-state index contributed by atoms with van der Waals surface area (Å²) in [6.45, 7) is 8.08. The maximum Gasteiger partial charge on any atom is 0.257 e. The van der Waals surface area contributed by atoms with E-state index in [1.54, 1.807) is 11.9 Å². The van der Waals surface area contributed by atoms with Gasteiger partial charge in [-0.25, -0.2) is 0 Å². The molecule has 2 aromatic carbocycles. The predicted octanol–water partition coefficient (Wildman–Crippen LogP) is 5.02. The predicted molar refractivity (Wildman–Crippen MR) is 106 cm³/mol. The van der Waals surface area contributed by atoms with Crippen molar-refractivity contribution >= 4 is 23.0 Å². The van der Waals surface area contributed by atoms with Gasteiger partial charge in [0.2, 0.25) is 0 Å². The zero-order valence-corrected chi connectivity index (χ0v) is 15.7. The highest BCUT2D eigenvalue weighted by Crippen LogP contribution is 2.25. The Morgan fingerprint density at radius 2 is 1.84 bits per heavy atom. The Morgan fingerprint density at radius 1 is 1.16 bits per heavy atom. The van der Waals surface area contributed by atoms with Crippen LogP contribution in [0.25, 0.3) is 0 Å². The quantitative estimate of drug-likeness (QED) is 0.754. The summed E-state index contributed by atoms with van der Waals surface area (Å²) in [5.74, 6) is -0.0155. The number of nitrogens with zero attached hydrogens (tertiary/aromatic N) is 1. The number of allylic oxidation sites excluding steroid dienone is 1. The first-order valence-corrected chi connectivity index (χ1v) is 8.50. The van der Waals surface area contributed by atoms with Crippen LogP contribution in [0.2, 0.25) is 0 Å². The Bertz CT molecular complexity index is 809. The topological polar surface area (TPSA) is 58.4 Å². The van der Waals surface area contributed by atoms with Crippen LogP contribution in [-0.4, -0.2) is 17.9 Å². The van der Waals surface area contributed by atoms with Gasteiger partial charge >= 0.3 is 0 Å². The van der Waals surface area contributed by atoms with Crippen molar-refractivity contribution in [2.75, 3.05) is 18.1 Å². The lowest BCUT2D eigenvalue weighted by Crippen LogP contribution is -2.22. The molecule has 0 fully saturated rings. The van der Waals surface area contributed by atoms with E-state index < -0.39 is 0 Å². The first-order chi connectivity index (χ1) is 11.8. The fourth-order valence-corrected chi connectivity index (χ4v) is 2.53. The van der Waals surface area contributed by atoms with Gasteiger partial charge in [-0.3, -0.25) is 4.79 Å². The van der Waals surface area contributed by atoms with Gasteiger partial charge < -0.3 is 16.0 Å². The number of rotatable bonds is 5. The van der Waals surface area contributed by atoms with E-state index in [9.17, 15) is 4.79 Å². The van der Waals surface area contributed by atoms with Gasteiger partial charge in [0, 0.05) is 35.9 Å². The second-order valence-corrected chi connectivity index (χ2v) is 6.47. The van der Waals surface area contributed by atoms with Crippen LogP contribution in [-0.2, 0) is 0 Å². The molecule has 25 heavy (non-hydrogen) atoms. The number of nitrogen functional groups attached to an aromatic ring is 1. The van der Waals surface area contributed by atoms with Crippen molar-refractivity contribution in [3.63, 3.8) is 0 Å². The summed E-state index contributed by atoms with van der Waals surface area (Å²) in [5.41, 5.74) is 12.3. The van der Waals surface area contributed by atoms with Gasteiger partial charge in [0.25, 0.3) is 5.91 Å². The van der Waals surface area contributed by atoms with Gasteiger partial charge in [-0.05, 0) is 62.6 Å². The molecule has 4 heteroatoms. The highest BCUT2D eigenvalue weighted by Gasteiger charge is 2.14. The molecule has 2 rings (SSSR count). The molecule has 0 heterocycles. The maximum absolute atomic E-state index is 12.8. The molecule has 1 amide bonds. The van der Waals surface area contributed by atoms with E-state index in [2.05, 4.69) is 12.2 Å². The second kappa shape index (κ2) is 7.88.